The van der Waals surface area contributed by atoms with Gasteiger partial charge in [-0.3, -0.25) is 4.68 Å². The Morgan fingerprint density at radius 1 is 1.28 bits per heavy atom. The Balaban J connectivity index is 2.35. The summed E-state index contributed by atoms with van der Waals surface area (Å²) >= 11 is 0. The molecule has 2 rings (SSSR count). The summed E-state index contributed by atoms with van der Waals surface area (Å²) in [7, 11) is 1.68. The van der Waals surface area contributed by atoms with Crippen LogP contribution in [0.1, 0.15) is 22.5 Å². The molecule has 0 aliphatic rings. The molecular weight excluding hydrogens is 226 g/mol. The maximum atomic E-state index is 5.67. The van der Waals surface area contributed by atoms with Crippen molar-refractivity contribution in [1.82, 2.24) is 9.78 Å². The van der Waals surface area contributed by atoms with Crippen LogP contribution in [0.5, 0.6) is 5.75 Å². The molecule has 4 heteroatoms. The van der Waals surface area contributed by atoms with Crippen molar-refractivity contribution in [3.8, 4) is 5.75 Å². The number of aryl methyl sites for hydroxylation is 2. The fourth-order valence-corrected chi connectivity index (χ4v) is 2.08. The summed E-state index contributed by atoms with van der Waals surface area (Å²) in [5.41, 5.74) is 10.1. The highest BCUT2D eigenvalue weighted by Gasteiger charge is 2.07. The second kappa shape index (κ2) is 5.23. The van der Waals surface area contributed by atoms with Crippen LogP contribution in [0, 0.1) is 13.8 Å². The Labute approximate surface area is 107 Å². The smallest absolute Gasteiger partial charge is 0.123 e. The van der Waals surface area contributed by atoms with Gasteiger partial charge in [-0.15, -0.1) is 0 Å². The van der Waals surface area contributed by atoms with Gasteiger partial charge in [0.2, 0.25) is 0 Å². The lowest BCUT2D eigenvalue weighted by atomic mass is 10.1. The zero-order valence-corrected chi connectivity index (χ0v) is 11.1. The van der Waals surface area contributed by atoms with Crippen molar-refractivity contribution in [2.45, 2.75) is 26.9 Å². The van der Waals surface area contributed by atoms with E-state index < -0.39 is 0 Å². The third-order valence-corrected chi connectivity index (χ3v) is 3.00. The Bertz CT molecular complexity index is 546. The van der Waals surface area contributed by atoms with Crippen LogP contribution in [0.15, 0.2) is 24.3 Å². The minimum atomic E-state index is 0.536. The molecule has 0 atom stereocenters. The molecule has 0 saturated heterocycles. The first-order chi connectivity index (χ1) is 8.63. The second-order valence-electron chi connectivity index (χ2n) is 4.44. The first kappa shape index (κ1) is 12.6. The molecular formula is C14H19N3O. The lowest BCUT2D eigenvalue weighted by molar-refractivity contribution is 0.407. The van der Waals surface area contributed by atoms with E-state index in [9.17, 15) is 0 Å². The van der Waals surface area contributed by atoms with Gasteiger partial charge in [-0.25, -0.2) is 0 Å². The van der Waals surface area contributed by atoms with Gasteiger partial charge in [0.15, 0.2) is 0 Å². The largest absolute Gasteiger partial charge is 0.496 e. The summed E-state index contributed by atoms with van der Waals surface area (Å²) in [4.78, 5) is 0. The fraction of sp³-hybridized carbons (Fsp3) is 0.357. The normalized spacial score (nSPS) is 10.7. The second-order valence-corrected chi connectivity index (χ2v) is 4.44. The van der Waals surface area contributed by atoms with Crippen LogP contribution >= 0.6 is 0 Å². The number of hydrogen-bond donors (Lipinski definition) is 1. The van der Waals surface area contributed by atoms with Crippen LogP contribution in [-0.2, 0) is 13.1 Å². The molecule has 0 spiro atoms. The van der Waals surface area contributed by atoms with Crippen LogP contribution in [0.2, 0.25) is 0 Å². The van der Waals surface area contributed by atoms with Crippen molar-refractivity contribution in [1.29, 1.82) is 0 Å². The van der Waals surface area contributed by atoms with Gasteiger partial charge in [-0.1, -0.05) is 6.07 Å². The molecule has 1 heterocycles. The molecule has 2 N–H and O–H groups in total. The third kappa shape index (κ3) is 2.54. The van der Waals surface area contributed by atoms with E-state index in [1.807, 2.05) is 23.7 Å². The third-order valence-electron chi connectivity index (χ3n) is 3.00. The first-order valence-electron chi connectivity index (χ1n) is 6.01. The van der Waals surface area contributed by atoms with Gasteiger partial charge in [0.05, 0.1) is 19.3 Å². The highest BCUT2D eigenvalue weighted by Crippen LogP contribution is 2.21. The highest BCUT2D eigenvalue weighted by atomic mass is 16.5. The van der Waals surface area contributed by atoms with Gasteiger partial charge in [0.25, 0.3) is 0 Å². The average molecular weight is 245 g/mol. The summed E-state index contributed by atoms with van der Waals surface area (Å²) in [6.07, 6.45) is 0. The maximum absolute atomic E-state index is 5.67. The number of methoxy groups -OCH3 is 1. The number of ether oxygens (including phenoxy) is 1. The molecule has 0 bridgehead atoms. The predicted octanol–water partition coefficient (Wildman–Crippen LogP) is 2.02. The molecule has 96 valence electrons. The molecule has 0 aliphatic carbocycles. The Morgan fingerprint density at radius 2 is 2.06 bits per heavy atom. The molecule has 0 unspecified atom stereocenters. The summed E-state index contributed by atoms with van der Waals surface area (Å²) in [5, 5.41) is 4.47. The van der Waals surface area contributed by atoms with Crippen LogP contribution in [0.3, 0.4) is 0 Å². The van der Waals surface area contributed by atoms with Crippen molar-refractivity contribution < 1.29 is 4.74 Å². The van der Waals surface area contributed by atoms with Crippen LogP contribution < -0.4 is 10.5 Å². The molecule has 0 amide bonds. The molecule has 0 fully saturated rings. The van der Waals surface area contributed by atoms with E-state index in [1.54, 1.807) is 7.11 Å². The van der Waals surface area contributed by atoms with E-state index in [2.05, 4.69) is 24.2 Å². The monoisotopic (exact) mass is 245 g/mol. The summed E-state index contributed by atoms with van der Waals surface area (Å²) in [5.74, 6) is 0.875. The van der Waals surface area contributed by atoms with Crippen LogP contribution in [-0.4, -0.2) is 16.9 Å². The Kier molecular flexibility index (Phi) is 3.67. The van der Waals surface area contributed by atoms with Crippen molar-refractivity contribution in [2.24, 2.45) is 5.73 Å². The van der Waals surface area contributed by atoms with Crippen LogP contribution in [0.25, 0.3) is 0 Å². The lowest BCUT2D eigenvalue weighted by Crippen LogP contribution is -2.07. The highest BCUT2D eigenvalue weighted by molar-refractivity contribution is 5.37. The number of hydrogen-bond acceptors (Lipinski definition) is 3. The Hall–Kier alpha value is -1.81. The fourth-order valence-electron chi connectivity index (χ4n) is 2.08. The molecule has 4 nitrogen and oxygen atoms in total. The zero-order valence-electron chi connectivity index (χ0n) is 11.1. The number of nitrogens with two attached hydrogens (primary N) is 1. The number of rotatable bonds is 4. The van der Waals surface area contributed by atoms with Crippen molar-refractivity contribution in [2.75, 3.05) is 7.11 Å². The molecule has 0 aliphatic heterocycles. The van der Waals surface area contributed by atoms with Gasteiger partial charge in [-0.05, 0) is 37.6 Å². The lowest BCUT2D eigenvalue weighted by Gasteiger charge is -2.11. The van der Waals surface area contributed by atoms with E-state index in [4.69, 9.17) is 10.5 Å². The summed E-state index contributed by atoms with van der Waals surface area (Å²) < 4.78 is 7.36. The van der Waals surface area contributed by atoms with Crippen LogP contribution in [0.4, 0.5) is 0 Å². The van der Waals surface area contributed by atoms with Crippen molar-refractivity contribution in [3.05, 3.63) is 46.8 Å². The first-order valence-corrected chi connectivity index (χ1v) is 6.01. The standard InChI is InChI=1S/C14H19N3O/c1-10-6-11(2)17(16-10)9-13-7-12(8-15)4-5-14(13)18-3/h4-7H,8-9,15H2,1-3H3. The van der Waals surface area contributed by atoms with Gasteiger partial charge in [-0.2, -0.15) is 5.10 Å². The number of aromatic nitrogens is 2. The number of benzene rings is 1. The van der Waals surface area contributed by atoms with E-state index in [-0.39, 0.29) is 0 Å². The van der Waals surface area contributed by atoms with Gasteiger partial charge < -0.3 is 10.5 Å². The average Bonchev–Trinajstić information content (AvgIpc) is 2.67. The van der Waals surface area contributed by atoms with E-state index >= 15 is 0 Å². The van der Waals surface area contributed by atoms with Crippen molar-refractivity contribution in [3.63, 3.8) is 0 Å². The predicted molar refractivity (Wildman–Crippen MR) is 71.7 cm³/mol. The van der Waals surface area contributed by atoms with E-state index in [1.165, 1.54) is 0 Å². The summed E-state index contributed by atoms with van der Waals surface area (Å²) in [6, 6.07) is 8.10. The van der Waals surface area contributed by atoms with Crippen molar-refractivity contribution >= 4 is 0 Å². The topological polar surface area (TPSA) is 53.1 Å². The molecule has 1 aromatic carbocycles. The molecule has 1 aromatic heterocycles. The molecule has 0 radical (unpaired) electrons. The van der Waals surface area contributed by atoms with E-state index in [0.29, 0.717) is 13.1 Å². The van der Waals surface area contributed by atoms with Gasteiger partial charge in [0.1, 0.15) is 5.75 Å². The van der Waals surface area contributed by atoms with Gasteiger partial charge >= 0.3 is 0 Å². The minimum absolute atomic E-state index is 0.536. The molecule has 18 heavy (non-hydrogen) atoms. The van der Waals surface area contributed by atoms with E-state index in [0.717, 1.165) is 28.3 Å². The SMILES string of the molecule is COc1ccc(CN)cc1Cn1nc(C)cc1C. The molecule has 2 aromatic rings. The minimum Gasteiger partial charge on any atom is -0.496 e. The Morgan fingerprint density at radius 3 is 2.61 bits per heavy atom. The summed E-state index contributed by atoms with van der Waals surface area (Å²) in [6.45, 7) is 5.29. The maximum Gasteiger partial charge on any atom is 0.123 e. The molecule has 0 saturated carbocycles. The number of nitrogens with zero attached hydrogens (tertiary/aromatic N) is 2. The van der Waals surface area contributed by atoms with Gasteiger partial charge in [0, 0.05) is 17.8 Å². The zero-order chi connectivity index (χ0) is 13.1. The quantitative estimate of drug-likeness (QED) is 0.896.